The minimum Gasteiger partial charge on any atom is -0.316 e. The molecule has 0 saturated carbocycles. The normalized spacial score (nSPS) is 24.3. The van der Waals surface area contributed by atoms with Gasteiger partial charge in [0.15, 0.2) is 0 Å². The average Bonchev–Trinajstić information content (AvgIpc) is 2.38. The molecule has 0 radical (unpaired) electrons. The molecular formula is C13H19IN2O2S. The summed E-state index contributed by atoms with van der Waals surface area (Å²) in [6, 6.07) is 6.90. The van der Waals surface area contributed by atoms with E-state index in [0.717, 1.165) is 29.5 Å². The fourth-order valence-electron chi connectivity index (χ4n) is 2.24. The molecule has 106 valence electrons. The molecule has 0 bridgehead atoms. The van der Waals surface area contributed by atoms with Crippen LogP contribution < -0.4 is 10.0 Å². The molecule has 0 aliphatic carbocycles. The smallest absolute Gasteiger partial charge is 0.240 e. The number of rotatable bonds is 4. The van der Waals surface area contributed by atoms with Crippen LogP contribution in [0.1, 0.15) is 19.8 Å². The monoisotopic (exact) mass is 394 g/mol. The molecule has 19 heavy (non-hydrogen) atoms. The molecule has 2 N–H and O–H groups in total. The van der Waals surface area contributed by atoms with Crippen LogP contribution in [0.3, 0.4) is 0 Å². The number of sulfonamides is 1. The number of nitrogens with one attached hydrogen (secondary N) is 2. The lowest BCUT2D eigenvalue weighted by Crippen LogP contribution is -2.45. The molecule has 1 heterocycles. The Morgan fingerprint density at radius 2 is 2.05 bits per heavy atom. The predicted molar refractivity (Wildman–Crippen MR) is 84.6 cm³/mol. The Bertz CT molecular complexity index is 522. The van der Waals surface area contributed by atoms with Crippen LogP contribution in [0.25, 0.3) is 0 Å². The molecule has 0 spiro atoms. The third-order valence-corrected chi connectivity index (χ3v) is 5.63. The van der Waals surface area contributed by atoms with Crippen molar-refractivity contribution in [3.8, 4) is 0 Å². The first-order valence-corrected chi connectivity index (χ1v) is 8.94. The van der Waals surface area contributed by atoms with Crippen LogP contribution in [0.4, 0.5) is 0 Å². The molecule has 1 aromatic rings. The molecule has 0 amide bonds. The van der Waals surface area contributed by atoms with Gasteiger partial charge in [0.2, 0.25) is 10.0 Å². The number of piperidine rings is 1. The van der Waals surface area contributed by atoms with Gasteiger partial charge < -0.3 is 5.32 Å². The molecule has 6 heteroatoms. The molecule has 1 unspecified atom stereocenters. The average molecular weight is 394 g/mol. The van der Waals surface area contributed by atoms with E-state index in [1.165, 1.54) is 0 Å². The van der Waals surface area contributed by atoms with Gasteiger partial charge in [-0.25, -0.2) is 13.1 Å². The van der Waals surface area contributed by atoms with Crippen molar-refractivity contribution in [3.05, 3.63) is 27.8 Å². The third kappa shape index (κ3) is 4.14. The summed E-state index contributed by atoms with van der Waals surface area (Å²) in [6.07, 6.45) is 2.15. The largest absolute Gasteiger partial charge is 0.316 e. The Hall–Kier alpha value is -0.180. The highest BCUT2D eigenvalue weighted by molar-refractivity contribution is 14.1. The molecular weight excluding hydrogens is 375 g/mol. The Balaban J connectivity index is 2.03. The first-order chi connectivity index (χ1) is 8.91. The van der Waals surface area contributed by atoms with E-state index in [1.54, 1.807) is 24.3 Å². The summed E-state index contributed by atoms with van der Waals surface area (Å²) in [5.74, 6) is 0. The van der Waals surface area contributed by atoms with Crippen molar-refractivity contribution in [2.24, 2.45) is 5.41 Å². The minimum absolute atomic E-state index is 0.00846. The zero-order valence-corrected chi connectivity index (χ0v) is 13.9. The van der Waals surface area contributed by atoms with Crippen molar-refractivity contribution in [1.82, 2.24) is 10.0 Å². The van der Waals surface area contributed by atoms with Gasteiger partial charge in [0, 0.05) is 16.7 Å². The molecule has 1 atom stereocenters. The zero-order valence-electron chi connectivity index (χ0n) is 10.9. The van der Waals surface area contributed by atoms with Crippen LogP contribution in [0.5, 0.6) is 0 Å². The van der Waals surface area contributed by atoms with E-state index < -0.39 is 10.0 Å². The van der Waals surface area contributed by atoms with Crippen LogP contribution in [0.2, 0.25) is 0 Å². The lowest BCUT2D eigenvalue weighted by Gasteiger charge is -2.34. The second-order valence-corrected chi connectivity index (χ2v) is 8.38. The van der Waals surface area contributed by atoms with Crippen LogP contribution in [-0.4, -0.2) is 28.1 Å². The van der Waals surface area contributed by atoms with Crippen molar-refractivity contribution in [2.45, 2.75) is 24.7 Å². The summed E-state index contributed by atoms with van der Waals surface area (Å²) in [4.78, 5) is 0.334. The maximum Gasteiger partial charge on any atom is 0.240 e. The Morgan fingerprint density at radius 1 is 1.37 bits per heavy atom. The lowest BCUT2D eigenvalue weighted by atomic mass is 9.83. The van der Waals surface area contributed by atoms with E-state index in [0.29, 0.717) is 11.4 Å². The van der Waals surface area contributed by atoms with Gasteiger partial charge in [-0.1, -0.05) is 6.92 Å². The topological polar surface area (TPSA) is 58.2 Å². The summed E-state index contributed by atoms with van der Waals surface area (Å²) in [5.41, 5.74) is 0.00846. The van der Waals surface area contributed by atoms with Crippen LogP contribution >= 0.6 is 22.6 Å². The van der Waals surface area contributed by atoms with Crippen molar-refractivity contribution >= 4 is 32.6 Å². The molecule has 4 nitrogen and oxygen atoms in total. The summed E-state index contributed by atoms with van der Waals surface area (Å²) in [5, 5.41) is 3.32. The molecule has 1 saturated heterocycles. The standard InChI is InChI=1S/C13H19IN2O2S/c1-13(7-2-8-15-9-13)10-16-19(17,18)12-5-3-11(14)4-6-12/h3-6,15-16H,2,7-10H2,1H3. The van der Waals surface area contributed by atoms with Crippen molar-refractivity contribution in [1.29, 1.82) is 0 Å². The van der Waals surface area contributed by atoms with Gasteiger partial charge in [-0.05, 0) is 71.7 Å². The first kappa shape index (κ1) is 15.2. The van der Waals surface area contributed by atoms with E-state index in [-0.39, 0.29) is 5.41 Å². The Kier molecular flexibility index (Phi) is 4.86. The first-order valence-electron chi connectivity index (χ1n) is 6.37. The third-order valence-electron chi connectivity index (χ3n) is 3.50. The van der Waals surface area contributed by atoms with Gasteiger partial charge in [-0.3, -0.25) is 0 Å². The second kappa shape index (κ2) is 6.07. The maximum absolute atomic E-state index is 12.2. The number of benzene rings is 1. The van der Waals surface area contributed by atoms with E-state index in [2.05, 4.69) is 39.6 Å². The second-order valence-electron chi connectivity index (χ2n) is 5.37. The van der Waals surface area contributed by atoms with Gasteiger partial charge >= 0.3 is 0 Å². The molecule has 1 fully saturated rings. The zero-order chi connectivity index (χ0) is 13.9. The highest BCUT2D eigenvalue weighted by Gasteiger charge is 2.28. The highest BCUT2D eigenvalue weighted by Crippen LogP contribution is 2.25. The highest BCUT2D eigenvalue weighted by atomic mass is 127. The predicted octanol–water partition coefficient (Wildman–Crippen LogP) is 1.96. The molecule has 1 aromatic carbocycles. The van der Waals surface area contributed by atoms with Crippen molar-refractivity contribution in [3.63, 3.8) is 0 Å². The quantitative estimate of drug-likeness (QED) is 0.768. The van der Waals surface area contributed by atoms with E-state index in [4.69, 9.17) is 0 Å². The van der Waals surface area contributed by atoms with Gasteiger partial charge in [0.05, 0.1) is 4.90 Å². The number of halogens is 1. The minimum atomic E-state index is -3.40. The molecule has 0 aromatic heterocycles. The SMILES string of the molecule is CC1(CNS(=O)(=O)c2ccc(I)cc2)CCCNC1. The van der Waals surface area contributed by atoms with Gasteiger partial charge in [0.1, 0.15) is 0 Å². The molecule has 1 aliphatic heterocycles. The van der Waals surface area contributed by atoms with Gasteiger partial charge in [0.25, 0.3) is 0 Å². The van der Waals surface area contributed by atoms with E-state index in [9.17, 15) is 8.42 Å². The fourth-order valence-corrected chi connectivity index (χ4v) is 3.80. The van der Waals surface area contributed by atoms with Gasteiger partial charge in [-0.2, -0.15) is 0 Å². The van der Waals surface area contributed by atoms with E-state index >= 15 is 0 Å². The summed E-state index contributed by atoms with van der Waals surface area (Å²) in [7, 11) is -3.40. The van der Waals surface area contributed by atoms with Gasteiger partial charge in [-0.15, -0.1) is 0 Å². The summed E-state index contributed by atoms with van der Waals surface area (Å²) >= 11 is 2.16. The van der Waals surface area contributed by atoms with Crippen LogP contribution in [0, 0.1) is 8.99 Å². The maximum atomic E-state index is 12.2. The fraction of sp³-hybridized carbons (Fsp3) is 0.538. The molecule has 2 rings (SSSR count). The van der Waals surface area contributed by atoms with E-state index in [1.807, 2.05) is 0 Å². The Labute approximate surface area is 128 Å². The summed E-state index contributed by atoms with van der Waals surface area (Å²) in [6.45, 7) is 4.49. The number of hydrogen-bond donors (Lipinski definition) is 2. The van der Waals surface area contributed by atoms with Crippen molar-refractivity contribution in [2.75, 3.05) is 19.6 Å². The Morgan fingerprint density at radius 3 is 2.63 bits per heavy atom. The van der Waals surface area contributed by atoms with Crippen LogP contribution in [-0.2, 0) is 10.0 Å². The molecule has 1 aliphatic rings. The lowest BCUT2D eigenvalue weighted by molar-refractivity contribution is 0.238. The van der Waals surface area contributed by atoms with Crippen molar-refractivity contribution < 1.29 is 8.42 Å². The summed E-state index contributed by atoms with van der Waals surface area (Å²) < 4.78 is 28.2. The van der Waals surface area contributed by atoms with Crippen LogP contribution in [0.15, 0.2) is 29.2 Å². The number of hydrogen-bond acceptors (Lipinski definition) is 3.